The van der Waals surface area contributed by atoms with Gasteiger partial charge in [-0.05, 0) is 11.6 Å². The van der Waals surface area contributed by atoms with Crippen LogP contribution in [0.2, 0.25) is 0 Å². The molecule has 0 spiro atoms. The second-order valence-electron chi connectivity index (χ2n) is 3.71. The van der Waals surface area contributed by atoms with Gasteiger partial charge < -0.3 is 0 Å². The van der Waals surface area contributed by atoms with Crippen molar-refractivity contribution in [1.29, 1.82) is 0 Å². The van der Waals surface area contributed by atoms with Crippen molar-refractivity contribution in [3.05, 3.63) is 64.3 Å². The summed E-state index contributed by atoms with van der Waals surface area (Å²) in [4.78, 5) is 14.5. The lowest BCUT2D eigenvalue weighted by molar-refractivity contribution is -0.141. The van der Waals surface area contributed by atoms with Crippen LogP contribution in [0, 0.1) is 0 Å². The van der Waals surface area contributed by atoms with E-state index in [2.05, 4.69) is 4.98 Å². The number of nitrogens with zero attached hydrogens (tertiary/aromatic N) is 2. The number of benzene rings is 1. The fraction of sp³-hybridized carbons (Fsp3) is 0.167. The Bertz CT molecular complexity index is 590. The summed E-state index contributed by atoms with van der Waals surface area (Å²) in [5.74, 6) is 0. The molecule has 2 aromatic rings. The SMILES string of the molecule is O=c1nc(C(F)(F)F)ccn1Cc1ccccc1. The summed E-state index contributed by atoms with van der Waals surface area (Å²) in [6, 6.07) is 9.76. The summed E-state index contributed by atoms with van der Waals surface area (Å²) in [5.41, 5.74) is -1.26. The number of alkyl halides is 3. The third-order valence-electron chi connectivity index (χ3n) is 2.36. The molecule has 0 aliphatic rings. The largest absolute Gasteiger partial charge is 0.433 e. The Kier molecular flexibility index (Phi) is 3.18. The topological polar surface area (TPSA) is 34.9 Å². The van der Waals surface area contributed by atoms with Crippen LogP contribution in [-0.4, -0.2) is 9.55 Å². The van der Waals surface area contributed by atoms with E-state index in [9.17, 15) is 18.0 Å². The van der Waals surface area contributed by atoms with Crippen molar-refractivity contribution >= 4 is 0 Å². The quantitative estimate of drug-likeness (QED) is 0.824. The van der Waals surface area contributed by atoms with E-state index in [1.165, 1.54) is 0 Å². The standard InChI is InChI=1S/C12H9F3N2O/c13-12(14,15)10-6-7-17(11(18)16-10)8-9-4-2-1-3-5-9/h1-7H,8H2. The van der Waals surface area contributed by atoms with Gasteiger partial charge in [-0.3, -0.25) is 4.57 Å². The van der Waals surface area contributed by atoms with E-state index in [4.69, 9.17) is 0 Å². The highest BCUT2D eigenvalue weighted by atomic mass is 19.4. The molecule has 0 fully saturated rings. The van der Waals surface area contributed by atoms with Crippen LogP contribution < -0.4 is 5.69 Å². The number of hydrogen-bond acceptors (Lipinski definition) is 2. The first-order valence-corrected chi connectivity index (χ1v) is 5.15. The summed E-state index contributed by atoms with van der Waals surface area (Å²) in [5, 5.41) is 0. The van der Waals surface area contributed by atoms with E-state index >= 15 is 0 Å². The highest BCUT2D eigenvalue weighted by Gasteiger charge is 2.32. The lowest BCUT2D eigenvalue weighted by atomic mass is 10.2. The fourth-order valence-corrected chi connectivity index (χ4v) is 1.49. The molecule has 18 heavy (non-hydrogen) atoms. The van der Waals surface area contributed by atoms with Gasteiger partial charge in [0.15, 0.2) is 5.69 Å². The number of halogens is 3. The minimum absolute atomic E-state index is 0.199. The second-order valence-corrected chi connectivity index (χ2v) is 3.71. The molecule has 2 rings (SSSR count). The zero-order chi connectivity index (χ0) is 13.2. The molecule has 6 heteroatoms. The van der Waals surface area contributed by atoms with Crippen LogP contribution in [0.15, 0.2) is 47.4 Å². The second kappa shape index (κ2) is 4.64. The summed E-state index contributed by atoms with van der Waals surface area (Å²) in [6.07, 6.45) is -3.49. The van der Waals surface area contributed by atoms with Crippen LogP contribution in [-0.2, 0) is 12.7 Å². The Morgan fingerprint density at radius 1 is 1.11 bits per heavy atom. The van der Waals surface area contributed by atoms with Gasteiger partial charge in [0.2, 0.25) is 0 Å². The van der Waals surface area contributed by atoms with Gasteiger partial charge in [0.1, 0.15) is 0 Å². The predicted molar refractivity (Wildman–Crippen MR) is 59.0 cm³/mol. The van der Waals surface area contributed by atoms with Crippen molar-refractivity contribution in [2.24, 2.45) is 0 Å². The number of aromatic nitrogens is 2. The van der Waals surface area contributed by atoms with Crippen LogP contribution in [0.5, 0.6) is 0 Å². The maximum Gasteiger partial charge on any atom is 0.433 e. The van der Waals surface area contributed by atoms with Gasteiger partial charge in [-0.1, -0.05) is 30.3 Å². The molecule has 3 nitrogen and oxygen atoms in total. The molecule has 0 aliphatic carbocycles. The molecule has 0 unspecified atom stereocenters. The van der Waals surface area contributed by atoms with E-state index in [1.54, 1.807) is 24.3 Å². The van der Waals surface area contributed by atoms with Gasteiger partial charge in [0.25, 0.3) is 0 Å². The highest BCUT2D eigenvalue weighted by molar-refractivity contribution is 5.15. The number of rotatable bonds is 2. The molecule has 0 saturated heterocycles. The van der Waals surface area contributed by atoms with Crippen molar-refractivity contribution in [2.45, 2.75) is 12.7 Å². The molecule has 94 valence electrons. The Hall–Kier alpha value is -2.11. The molecular weight excluding hydrogens is 245 g/mol. The minimum Gasteiger partial charge on any atom is -0.295 e. The maximum atomic E-state index is 12.3. The first kappa shape index (κ1) is 12.3. The zero-order valence-corrected chi connectivity index (χ0v) is 9.19. The highest BCUT2D eigenvalue weighted by Crippen LogP contribution is 2.26. The molecule has 1 heterocycles. The van der Waals surface area contributed by atoms with Crippen molar-refractivity contribution < 1.29 is 13.2 Å². The fourth-order valence-electron chi connectivity index (χ4n) is 1.49. The van der Waals surface area contributed by atoms with Crippen LogP contribution in [0.4, 0.5) is 13.2 Å². The summed E-state index contributed by atoms with van der Waals surface area (Å²) >= 11 is 0. The molecule has 0 bridgehead atoms. The number of hydrogen-bond donors (Lipinski definition) is 0. The Balaban J connectivity index is 2.29. The molecule has 0 atom stereocenters. The van der Waals surface area contributed by atoms with E-state index < -0.39 is 17.6 Å². The Morgan fingerprint density at radius 3 is 2.33 bits per heavy atom. The predicted octanol–water partition coefficient (Wildman–Crippen LogP) is 2.31. The van der Waals surface area contributed by atoms with E-state index in [0.717, 1.165) is 22.4 Å². The lowest BCUT2D eigenvalue weighted by Crippen LogP contribution is -2.26. The Morgan fingerprint density at radius 2 is 1.78 bits per heavy atom. The van der Waals surface area contributed by atoms with Crippen LogP contribution in [0.3, 0.4) is 0 Å². The third-order valence-corrected chi connectivity index (χ3v) is 2.36. The van der Waals surface area contributed by atoms with Gasteiger partial charge in [0.05, 0.1) is 6.54 Å². The molecule has 0 N–H and O–H groups in total. The molecule has 1 aromatic carbocycles. The van der Waals surface area contributed by atoms with Crippen LogP contribution >= 0.6 is 0 Å². The van der Waals surface area contributed by atoms with E-state index in [1.807, 2.05) is 6.07 Å². The Labute approximate surface area is 101 Å². The molecular formula is C12H9F3N2O. The van der Waals surface area contributed by atoms with Crippen molar-refractivity contribution in [1.82, 2.24) is 9.55 Å². The van der Waals surface area contributed by atoms with Gasteiger partial charge in [0, 0.05) is 6.20 Å². The van der Waals surface area contributed by atoms with Crippen LogP contribution in [0.25, 0.3) is 0 Å². The zero-order valence-electron chi connectivity index (χ0n) is 9.19. The van der Waals surface area contributed by atoms with Gasteiger partial charge in [-0.25, -0.2) is 4.79 Å². The molecule has 0 radical (unpaired) electrons. The van der Waals surface area contributed by atoms with Gasteiger partial charge >= 0.3 is 11.9 Å². The average molecular weight is 254 g/mol. The average Bonchev–Trinajstić information content (AvgIpc) is 2.32. The van der Waals surface area contributed by atoms with Crippen LogP contribution in [0.1, 0.15) is 11.3 Å². The summed E-state index contributed by atoms with van der Waals surface area (Å²) in [6.45, 7) is 0.199. The van der Waals surface area contributed by atoms with Gasteiger partial charge in [-0.2, -0.15) is 18.2 Å². The minimum atomic E-state index is -4.59. The normalized spacial score (nSPS) is 11.5. The summed E-state index contributed by atoms with van der Waals surface area (Å²) in [7, 11) is 0. The lowest BCUT2D eigenvalue weighted by Gasteiger charge is -2.08. The van der Waals surface area contributed by atoms with E-state index in [-0.39, 0.29) is 6.54 Å². The molecule has 0 aliphatic heterocycles. The smallest absolute Gasteiger partial charge is 0.295 e. The summed E-state index contributed by atoms with van der Waals surface area (Å²) < 4.78 is 38.1. The molecule has 0 amide bonds. The van der Waals surface area contributed by atoms with Gasteiger partial charge in [-0.15, -0.1) is 0 Å². The molecule has 1 aromatic heterocycles. The van der Waals surface area contributed by atoms with Crippen molar-refractivity contribution in [3.63, 3.8) is 0 Å². The first-order chi connectivity index (χ1) is 8.47. The van der Waals surface area contributed by atoms with Crippen molar-refractivity contribution in [2.75, 3.05) is 0 Å². The van der Waals surface area contributed by atoms with Crippen molar-refractivity contribution in [3.8, 4) is 0 Å². The third kappa shape index (κ3) is 2.77. The van der Waals surface area contributed by atoms with E-state index in [0.29, 0.717) is 0 Å². The molecule has 0 saturated carbocycles. The monoisotopic (exact) mass is 254 g/mol. The first-order valence-electron chi connectivity index (χ1n) is 5.15. The maximum absolute atomic E-state index is 12.3.